The van der Waals surface area contributed by atoms with E-state index < -0.39 is 5.41 Å². The van der Waals surface area contributed by atoms with Gasteiger partial charge in [0, 0.05) is 29.9 Å². The molecule has 1 fully saturated rings. The van der Waals surface area contributed by atoms with Gasteiger partial charge in [-0.05, 0) is 24.1 Å². The summed E-state index contributed by atoms with van der Waals surface area (Å²) in [6.45, 7) is 6.69. The highest BCUT2D eigenvalue weighted by Crippen LogP contribution is 2.55. The van der Waals surface area contributed by atoms with Crippen LogP contribution in [0.4, 0.5) is 0 Å². The van der Waals surface area contributed by atoms with E-state index in [-0.39, 0.29) is 5.41 Å². The Labute approximate surface area is 132 Å². The van der Waals surface area contributed by atoms with E-state index in [9.17, 15) is 4.79 Å². The maximum atomic E-state index is 12.4. The highest BCUT2D eigenvalue weighted by atomic mass is 16.5. The van der Waals surface area contributed by atoms with Crippen LogP contribution in [0.1, 0.15) is 44.7 Å². The molecule has 122 valence electrons. The number of Topliss-reactive ketones (excluding diaryl/α,β-unsaturated/α-hetero) is 1. The van der Waals surface area contributed by atoms with Crippen LogP contribution in [-0.4, -0.2) is 27.1 Å². The lowest BCUT2D eigenvalue weighted by atomic mass is 9.64. The summed E-state index contributed by atoms with van der Waals surface area (Å²) in [6.07, 6.45) is 1.41. The summed E-state index contributed by atoms with van der Waals surface area (Å²) in [5.41, 5.74) is 1.33. The first-order chi connectivity index (χ1) is 10.3. The lowest BCUT2D eigenvalue weighted by Gasteiger charge is -2.38. The largest absolute Gasteiger partial charge is 0.493 e. The summed E-state index contributed by atoms with van der Waals surface area (Å²) in [4.78, 5) is 12.4. The highest BCUT2D eigenvalue weighted by molar-refractivity contribution is 5.89. The Kier molecular flexibility index (Phi) is 4.52. The number of ketones is 1. The fourth-order valence-electron chi connectivity index (χ4n) is 3.45. The van der Waals surface area contributed by atoms with Crippen LogP contribution >= 0.6 is 0 Å². The van der Waals surface area contributed by atoms with Crippen molar-refractivity contribution in [1.82, 2.24) is 0 Å². The molecule has 0 amide bonds. The minimum Gasteiger partial charge on any atom is -0.493 e. The van der Waals surface area contributed by atoms with E-state index in [0.29, 0.717) is 30.3 Å². The van der Waals surface area contributed by atoms with Gasteiger partial charge in [-0.2, -0.15) is 0 Å². The van der Waals surface area contributed by atoms with Gasteiger partial charge in [0.25, 0.3) is 0 Å². The molecule has 0 aliphatic heterocycles. The third-order valence-electron chi connectivity index (χ3n) is 5.37. The van der Waals surface area contributed by atoms with E-state index >= 15 is 0 Å². The number of carbonyl (C=O) groups is 1. The van der Waals surface area contributed by atoms with Crippen molar-refractivity contribution in [2.24, 2.45) is 5.41 Å². The molecule has 22 heavy (non-hydrogen) atoms. The molecule has 0 saturated heterocycles. The first-order valence-corrected chi connectivity index (χ1v) is 7.59. The van der Waals surface area contributed by atoms with Crippen molar-refractivity contribution < 1.29 is 19.0 Å². The van der Waals surface area contributed by atoms with Gasteiger partial charge in [-0.15, -0.1) is 0 Å². The monoisotopic (exact) mass is 306 g/mol. The van der Waals surface area contributed by atoms with Crippen LogP contribution < -0.4 is 9.47 Å². The van der Waals surface area contributed by atoms with E-state index in [1.165, 1.54) is 0 Å². The van der Waals surface area contributed by atoms with Crippen molar-refractivity contribution in [3.63, 3.8) is 0 Å². The molecule has 1 unspecified atom stereocenters. The average molecular weight is 306 g/mol. The summed E-state index contributed by atoms with van der Waals surface area (Å²) >= 11 is 0. The van der Waals surface area contributed by atoms with Gasteiger partial charge < -0.3 is 14.2 Å². The lowest BCUT2D eigenvalue weighted by molar-refractivity contribution is -0.125. The van der Waals surface area contributed by atoms with Crippen LogP contribution in [0.2, 0.25) is 0 Å². The summed E-state index contributed by atoms with van der Waals surface area (Å²) in [6, 6.07) is 4.02. The van der Waals surface area contributed by atoms with Gasteiger partial charge in [-0.3, -0.25) is 4.79 Å². The molecule has 0 bridgehead atoms. The Morgan fingerprint density at radius 2 is 1.77 bits per heavy atom. The van der Waals surface area contributed by atoms with Crippen LogP contribution in [0.25, 0.3) is 0 Å². The van der Waals surface area contributed by atoms with Gasteiger partial charge in [0.15, 0.2) is 11.5 Å². The standard InChI is InChI=1S/C18H26O4/c1-17(2)15(19)7-8-18(17,3)13-9-12(11-20-4)10-14(21-5)16(13)22-6/h9-10H,7-8,11H2,1-6H3. The second kappa shape index (κ2) is 5.92. The molecule has 0 heterocycles. The zero-order valence-corrected chi connectivity index (χ0v) is 14.4. The molecular formula is C18H26O4. The molecule has 1 aromatic carbocycles. The Morgan fingerprint density at radius 1 is 1.09 bits per heavy atom. The second-order valence-electron chi connectivity index (χ2n) is 6.69. The summed E-state index contributed by atoms with van der Waals surface area (Å²) < 4.78 is 16.4. The van der Waals surface area contributed by atoms with Crippen molar-refractivity contribution in [2.45, 2.75) is 45.6 Å². The average Bonchev–Trinajstić information content (AvgIpc) is 2.70. The first-order valence-electron chi connectivity index (χ1n) is 7.59. The van der Waals surface area contributed by atoms with E-state index in [2.05, 4.69) is 13.0 Å². The van der Waals surface area contributed by atoms with Crippen molar-refractivity contribution in [3.05, 3.63) is 23.3 Å². The minimum absolute atomic E-state index is 0.285. The topological polar surface area (TPSA) is 44.8 Å². The molecule has 1 aliphatic rings. The number of rotatable bonds is 5. The summed E-state index contributed by atoms with van der Waals surface area (Å²) in [5.74, 6) is 1.70. The van der Waals surface area contributed by atoms with E-state index in [1.807, 2.05) is 19.9 Å². The number of hydrogen-bond acceptors (Lipinski definition) is 4. The van der Waals surface area contributed by atoms with Crippen molar-refractivity contribution in [3.8, 4) is 11.5 Å². The van der Waals surface area contributed by atoms with Crippen molar-refractivity contribution in [2.75, 3.05) is 21.3 Å². The number of methoxy groups -OCH3 is 3. The first kappa shape index (κ1) is 16.8. The van der Waals surface area contributed by atoms with Crippen molar-refractivity contribution in [1.29, 1.82) is 0 Å². The normalized spacial score (nSPS) is 23.6. The molecule has 1 aromatic rings. The van der Waals surface area contributed by atoms with E-state index in [1.54, 1.807) is 21.3 Å². The summed E-state index contributed by atoms with van der Waals surface area (Å²) in [5, 5.41) is 0. The van der Waals surface area contributed by atoms with E-state index in [4.69, 9.17) is 14.2 Å². The SMILES string of the molecule is COCc1cc(OC)c(OC)c(C2(C)CCC(=O)C2(C)C)c1. The summed E-state index contributed by atoms with van der Waals surface area (Å²) in [7, 11) is 4.94. The number of hydrogen-bond donors (Lipinski definition) is 0. The van der Waals surface area contributed by atoms with Gasteiger partial charge in [-0.1, -0.05) is 20.8 Å². The molecule has 4 nitrogen and oxygen atoms in total. The van der Waals surface area contributed by atoms with Crippen LogP contribution in [-0.2, 0) is 21.6 Å². The zero-order chi connectivity index (χ0) is 16.5. The fraction of sp³-hybridized carbons (Fsp3) is 0.611. The molecule has 1 saturated carbocycles. The molecule has 0 radical (unpaired) electrons. The highest BCUT2D eigenvalue weighted by Gasteiger charge is 2.53. The van der Waals surface area contributed by atoms with Crippen LogP contribution in [0.15, 0.2) is 12.1 Å². The molecule has 0 N–H and O–H groups in total. The fourth-order valence-corrected chi connectivity index (χ4v) is 3.45. The Bertz CT molecular complexity index is 577. The van der Waals surface area contributed by atoms with Gasteiger partial charge in [-0.25, -0.2) is 0 Å². The quantitative estimate of drug-likeness (QED) is 0.835. The molecule has 0 aromatic heterocycles. The van der Waals surface area contributed by atoms with Crippen LogP contribution in [0.5, 0.6) is 11.5 Å². The second-order valence-corrected chi connectivity index (χ2v) is 6.69. The molecule has 1 atom stereocenters. The Hall–Kier alpha value is -1.55. The Morgan fingerprint density at radius 3 is 2.23 bits per heavy atom. The number of ether oxygens (including phenoxy) is 3. The molecule has 0 spiro atoms. The molecule has 4 heteroatoms. The Balaban J connectivity index is 2.67. The molecule has 1 aliphatic carbocycles. The van der Waals surface area contributed by atoms with Crippen LogP contribution in [0, 0.1) is 5.41 Å². The number of carbonyl (C=O) groups excluding carboxylic acids is 1. The van der Waals surface area contributed by atoms with Gasteiger partial charge >= 0.3 is 0 Å². The lowest BCUT2D eigenvalue weighted by Crippen LogP contribution is -2.38. The minimum atomic E-state index is -0.434. The third-order valence-corrected chi connectivity index (χ3v) is 5.37. The predicted molar refractivity (Wildman–Crippen MR) is 85.6 cm³/mol. The van der Waals surface area contributed by atoms with Crippen LogP contribution in [0.3, 0.4) is 0 Å². The van der Waals surface area contributed by atoms with E-state index in [0.717, 1.165) is 17.5 Å². The predicted octanol–water partition coefficient (Wildman–Crippen LogP) is 3.50. The molecule has 2 rings (SSSR count). The van der Waals surface area contributed by atoms with Gasteiger partial charge in [0.2, 0.25) is 0 Å². The molecular weight excluding hydrogens is 280 g/mol. The maximum absolute atomic E-state index is 12.4. The van der Waals surface area contributed by atoms with Crippen molar-refractivity contribution >= 4 is 5.78 Å². The number of benzene rings is 1. The third kappa shape index (κ3) is 2.39. The zero-order valence-electron chi connectivity index (χ0n) is 14.4. The maximum Gasteiger partial charge on any atom is 0.164 e. The van der Waals surface area contributed by atoms with Gasteiger partial charge in [0.05, 0.1) is 20.8 Å². The smallest absolute Gasteiger partial charge is 0.164 e. The van der Waals surface area contributed by atoms with Gasteiger partial charge in [0.1, 0.15) is 5.78 Å².